The van der Waals surface area contributed by atoms with Crippen LogP contribution in [0, 0.1) is 12.7 Å². The molecule has 0 heterocycles. The Labute approximate surface area is 200 Å². The summed E-state index contributed by atoms with van der Waals surface area (Å²) < 4.78 is 41.3. The van der Waals surface area contributed by atoms with Gasteiger partial charge in [-0.1, -0.05) is 35.9 Å². The highest BCUT2D eigenvalue weighted by Gasteiger charge is 2.28. The molecule has 178 valence electrons. The molecular formula is C27H29FN2O3S. The molecule has 3 aromatic carbocycles. The first-order chi connectivity index (χ1) is 16.2. The number of sulfonamides is 1. The van der Waals surface area contributed by atoms with Gasteiger partial charge in [-0.05, 0) is 92.6 Å². The van der Waals surface area contributed by atoms with Gasteiger partial charge in [-0.2, -0.15) is 0 Å². The highest BCUT2D eigenvalue weighted by atomic mass is 32.2. The number of rotatable bonds is 7. The number of nitrogens with zero attached hydrogens (tertiary/aromatic N) is 1. The van der Waals surface area contributed by atoms with Gasteiger partial charge in [0.1, 0.15) is 12.4 Å². The summed E-state index contributed by atoms with van der Waals surface area (Å²) in [4.78, 5) is 12.9. The zero-order valence-electron chi connectivity index (χ0n) is 19.4. The van der Waals surface area contributed by atoms with Crippen LogP contribution in [0.3, 0.4) is 0 Å². The number of benzene rings is 3. The number of carbonyl (C=O) groups is 1. The van der Waals surface area contributed by atoms with Gasteiger partial charge in [0.05, 0.1) is 16.6 Å². The van der Waals surface area contributed by atoms with Crippen LogP contribution in [0.4, 0.5) is 10.1 Å². The number of aryl methyl sites for hydroxylation is 3. The molecule has 0 saturated heterocycles. The summed E-state index contributed by atoms with van der Waals surface area (Å²) in [5, 5.41) is 2.94. The second-order valence-corrected chi connectivity index (χ2v) is 10.7. The summed E-state index contributed by atoms with van der Waals surface area (Å²) in [5.74, 6) is -0.950. The molecule has 1 N–H and O–H groups in total. The fourth-order valence-electron chi connectivity index (χ4n) is 4.28. The molecule has 0 bridgehead atoms. The van der Waals surface area contributed by atoms with E-state index in [4.69, 9.17) is 0 Å². The number of hydrogen-bond acceptors (Lipinski definition) is 3. The van der Waals surface area contributed by atoms with Crippen LogP contribution in [-0.2, 0) is 27.7 Å². The fraction of sp³-hybridized carbons (Fsp3) is 0.296. The number of fused-ring (bicyclic) bond motifs is 1. The Morgan fingerprint density at radius 1 is 0.971 bits per heavy atom. The van der Waals surface area contributed by atoms with Crippen molar-refractivity contribution in [3.8, 4) is 0 Å². The molecule has 0 radical (unpaired) electrons. The fourth-order valence-corrected chi connectivity index (χ4v) is 5.70. The maximum Gasteiger partial charge on any atom is 0.264 e. The third-order valence-corrected chi connectivity index (χ3v) is 8.05. The average Bonchev–Trinajstić information content (AvgIpc) is 2.83. The Morgan fingerprint density at radius 3 is 2.29 bits per heavy atom. The molecule has 5 nitrogen and oxygen atoms in total. The van der Waals surface area contributed by atoms with Gasteiger partial charge in [-0.15, -0.1) is 0 Å². The molecule has 0 fully saturated rings. The number of nitrogens with one attached hydrogen (secondary N) is 1. The van der Waals surface area contributed by atoms with Crippen LogP contribution in [0.1, 0.15) is 48.1 Å². The Bertz CT molecular complexity index is 1270. The van der Waals surface area contributed by atoms with Crippen LogP contribution in [0.15, 0.2) is 71.6 Å². The third kappa shape index (κ3) is 5.30. The summed E-state index contributed by atoms with van der Waals surface area (Å²) >= 11 is 0. The number of anilines is 1. The van der Waals surface area contributed by atoms with Gasteiger partial charge in [-0.25, -0.2) is 12.8 Å². The van der Waals surface area contributed by atoms with Gasteiger partial charge in [0, 0.05) is 0 Å². The van der Waals surface area contributed by atoms with Crippen molar-refractivity contribution in [3.05, 3.63) is 94.8 Å². The zero-order chi connectivity index (χ0) is 24.3. The molecule has 4 rings (SSSR count). The summed E-state index contributed by atoms with van der Waals surface area (Å²) in [6.07, 6.45) is 4.50. The monoisotopic (exact) mass is 480 g/mol. The highest BCUT2D eigenvalue weighted by molar-refractivity contribution is 7.92. The summed E-state index contributed by atoms with van der Waals surface area (Å²) in [6, 6.07) is 17.5. The van der Waals surface area contributed by atoms with Gasteiger partial charge >= 0.3 is 0 Å². The van der Waals surface area contributed by atoms with Crippen molar-refractivity contribution in [3.63, 3.8) is 0 Å². The van der Waals surface area contributed by atoms with Crippen LogP contribution in [-0.4, -0.2) is 20.9 Å². The molecule has 0 spiro atoms. The first-order valence-electron chi connectivity index (χ1n) is 11.5. The Hall–Kier alpha value is -3.19. The quantitative estimate of drug-likeness (QED) is 0.513. The second kappa shape index (κ2) is 9.97. The molecule has 1 unspecified atom stereocenters. The molecule has 34 heavy (non-hydrogen) atoms. The Kier molecular flexibility index (Phi) is 7.03. The van der Waals surface area contributed by atoms with Gasteiger partial charge in [0.2, 0.25) is 5.91 Å². The molecule has 1 amide bonds. The molecule has 1 atom stereocenters. The van der Waals surface area contributed by atoms with E-state index in [0.717, 1.165) is 40.4 Å². The molecule has 0 aromatic heterocycles. The third-order valence-electron chi connectivity index (χ3n) is 6.26. The standard InChI is InChI=1S/C27H29FN2O3S/c1-19-7-13-25(14-8-19)30(34(32,33)26-15-11-24(28)12-16-26)18-27(31)29-20(2)22-10-9-21-5-3-4-6-23(21)17-22/h7-17,20H,3-6,18H2,1-2H3,(H,29,31). The predicted molar refractivity (Wildman–Crippen MR) is 132 cm³/mol. The van der Waals surface area contributed by atoms with Crippen LogP contribution < -0.4 is 9.62 Å². The van der Waals surface area contributed by atoms with Crippen molar-refractivity contribution in [2.24, 2.45) is 0 Å². The summed E-state index contributed by atoms with van der Waals surface area (Å²) in [7, 11) is -4.09. The van der Waals surface area contributed by atoms with Crippen LogP contribution >= 0.6 is 0 Å². The van der Waals surface area contributed by atoms with Gasteiger partial charge in [-0.3, -0.25) is 9.10 Å². The smallest absolute Gasteiger partial charge is 0.264 e. The number of hydrogen-bond donors (Lipinski definition) is 1. The van der Waals surface area contributed by atoms with Crippen LogP contribution in [0.25, 0.3) is 0 Å². The zero-order valence-corrected chi connectivity index (χ0v) is 20.2. The van der Waals surface area contributed by atoms with Crippen molar-refractivity contribution in [1.82, 2.24) is 5.32 Å². The lowest BCUT2D eigenvalue weighted by Crippen LogP contribution is -2.41. The lowest BCUT2D eigenvalue weighted by Gasteiger charge is -2.25. The molecular weight excluding hydrogens is 451 g/mol. The number of carbonyl (C=O) groups excluding carboxylic acids is 1. The van der Waals surface area contributed by atoms with Crippen molar-refractivity contribution in [2.45, 2.75) is 50.5 Å². The molecule has 0 saturated carbocycles. The van der Waals surface area contributed by atoms with E-state index >= 15 is 0 Å². The topological polar surface area (TPSA) is 66.5 Å². The molecule has 1 aliphatic rings. The van der Waals surface area contributed by atoms with E-state index in [-0.39, 0.29) is 10.9 Å². The van der Waals surface area contributed by atoms with E-state index in [1.54, 1.807) is 24.3 Å². The average molecular weight is 481 g/mol. The Balaban J connectivity index is 1.56. The highest BCUT2D eigenvalue weighted by Crippen LogP contribution is 2.26. The second-order valence-electron chi connectivity index (χ2n) is 8.83. The minimum absolute atomic E-state index is 0.0787. The molecule has 1 aliphatic carbocycles. The van der Waals surface area contributed by atoms with Crippen molar-refractivity contribution < 1.29 is 17.6 Å². The normalized spacial score (nSPS) is 14.2. The lowest BCUT2D eigenvalue weighted by atomic mass is 9.89. The van der Waals surface area contributed by atoms with Crippen LogP contribution in [0.2, 0.25) is 0 Å². The van der Waals surface area contributed by atoms with Crippen molar-refractivity contribution in [2.75, 3.05) is 10.8 Å². The Morgan fingerprint density at radius 2 is 1.62 bits per heavy atom. The maximum absolute atomic E-state index is 13.4. The van der Waals surface area contributed by atoms with Crippen molar-refractivity contribution in [1.29, 1.82) is 0 Å². The molecule has 7 heteroatoms. The summed E-state index contributed by atoms with van der Waals surface area (Å²) in [5.41, 5.74) is 5.02. The van der Waals surface area contributed by atoms with E-state index < -0.39 is 28.3 Å². The minimum Gasteiger partial charge on any atom is -0.348 e. The molecule has 0 aliphatic heterocycles. The predicted octanol–water partition coefficient (Wildman–Crippen LogP) is 5.09. The minimum atomic E-state index is -4.09. The van der Waals surface area contributed by atoms with Gasteiger partial charge < -0.3 is 5.32 Å². The van der Waals surface area contributed by atoms with E-state index in [0.29, 0.717) is 5.69 Å². The lowest BCUT2D eigenvalue weighted by molar-refractivity contribution is -0.120. The van der Waals surface area contributed by atoms with E-state index in [2.05, 4.69) is 17.4 Å². The van der Waals surface area contributed by atoms with Crippen molar-refractivity contribution >= 4 is 21.6 Å². The number of amides is 1. The summed E-state index contributed by atoms with van der Waals surface area (Å²) in [6.45, 7) is 3.40. The maximum atomic E-state index is 13.4. The van der Waals surface area contributed by atoms with Gasteiger partial charge in [0.15, 0.2) is 0 Å². The number of halogens is 1. The largest absolute Gasteiger partial charge is 0.348 e. The van der Waals surface area contributed by atoms with Crippen LogP contribution in [0.5, 0.6) is 0 Å². The SMILES string of the molecule is Cc1ccc(N(CC(=O)NC(C)c2ccc3c(c2)CCCC3)S(=O)(=O)c2ccc(F)cc2)cc1. The van der Waals surface area contributed by atoms with E-state index in [9.17, 15) is 17.6 Å². The first kappa shape index (κ1) is 24.0. The molecule has 3 aromatic rings. The van der Waals surface area contributed by atoms with Gasteiger partial charge in [0.25, 0.3) is 10.0 Å². The first-order valence-corrected chi connectivity index (χ1v) is 12.9. The van der Waals surface area contributed by atoms with E-state index in [1.165, 1.54) is 36.1 Å². The van der Waals surface area contributed by atoms with E-state index in [1.807, 2.05) is 19.9 Å².